The maximum atomic E-state index is 13.1. The van der Waals surface area contributed by atoms with Crippen LogP contribution in [0.15, 0.2) is 94.6 Å². The van der Waals surface area contributed by atoms with Crippen molar-refractivity contribution in [3.63, 3.8) is 0 Å². The van der Waals surface area contributed by atoms with E-state index in [2.05, 4.69) is 10.6 Å². The number of anilines is 2. The topological polar surface area (TPSA) is 85.1 Å². The molecule has 0 aliphatic heterocycles. The molecule has 0 aliphatic rings. The number of nitrogens with zero attached hydrogens (tertiary/aromatic N) is 2. The summed E-state index contributed by atoms with van der Waals surface area (Å²) in [4.78, 5) is 39.5. The number of thioether (sulfide) groups is 1. The van der Waals surface area contributed by atoms with Gasteiger partial charge in [0.1, 0.15) is 5.69 Å². The van der Waals surface area contributed by atoms with Crippen molar-refractivity contribution in [1.29, 1.82) is 0 Å². The van der Waals surface area contributed by atoms with Gasteiger partial charge in [0.25, 0.3) is 11.5 Å². The van der Waals surface area contributed by atoms with Gasteiger partial charge in [-0.25, -0.2) is 4.68 Å². The second-order valence-corrected chi connectivity index (χ2v) is 9.10. The summed E-state index contributed by atoms with van der Waals surface area (Å²) in [5, 5.41) is 5.59. The van der Waals surface area contributed by atoms with Crippen LogP contribution in [-0.2, 0) is 11.8 Å². The monoisotopic (exact) mass is 486 g/mol. The Kier molecular flexibility index (Phi) is 7.52. The zero-order chi connectivity index (χ0) is 24.8. The largest absolute Gasteiger partial charge is 0.326 e. The molecule has 8 heteroatoms. The Labute approximate surface area is 207 Å². The molecule has 1 aromatic heterocycles. The lowest BCUT2D eigenvalue weighted by atomic mass is 10.2. The number of carbonyl (C=O) groups excluding carboxylic acids is 2. The van der Waals surface area contributed by atoms with Gasteiger partial charge in [0.15, 0.2) is 0 Å². The zero-order valence-corrected chi connectivity index (χ0v) is 20.3. The minimum Gasteiger partial charge on any atom is -0.326 e. The summed E-state index contributed by atoms with van der Waals surface area (Å²) in [5.41, 5.74) is 2.11. The van der Waals surface area contributed by atoms with Crippen LogP contribution >= 0.6 is 11.8 Å². The second kappa shape index (κ2) is 10.9. The molecule has 0 atom stereocenters. The van der Waals surface area contributed by atoms with E-state index >= 15 is 0 Å². The van der Waals surface area contributed by atoms with E-state index in [4.69, 9.17) is 0 Å². The third kappa shape index (κ3) is 5.73. The van der Waals surface area contributed by atoms with Crippen molar-refractivity contribution in [3.05, 3.63) is 107 Å². The van der Waals surface area contributed by atoms with E-state index < -0.39 is 5.91 Å². The van der Waals surface area contributed by atoms with E-state index in [0.29, 0.717) is 34.8 Å². The van der Waals surface area contributed by atoms with E-state index in [1.165, 1.54) is 4.68 Å². The molecule has 0 aliphatic carbocycles. The Hall–Kier alpha value is -4.04. The van der Waals surface area contributed by atoms with E-state index in [9.17, 15) is 14.4 Å². The number of aromatic nitrogens is 2. The highest BCUT2D eigenvalue weighted by Gasteiger charge is 2.19. The minimum absolute atomic E-state index is 0.129. The van der Waals surface area contributed by atoms with Crippen LogP contribution in [0, 0.1) is 6.92 Å². The minimum atomic E-state index is -0.424. The fraction of sp³-hybridized carbons (Fsp3) is 0.148. The van der Waals surface area contributed by atoms with Gasteiger partial charge in [-0.1, -0.05) is 42.5 Å². The van der Waals surface area contributed by atoms with Gasteiger partial charge in [-0.2, -0.15) is 0 Å². The van der Waals surface area contributed by atoms with Crippen molar-refractivity contribution in [2.45, 2.75) is 18.2 Å². The average Bonchev–Trinajstić information content (AvgIpc) is 3.08. The lowest BCUT2D eigenvalue weighted by molar-refractivity contribution is -0.115. The van der Waals surface area contributed by atoms with Crippen LogP contribution in [0.4, 0.5) is 11.4 Å². The van der Waals surface area contributed by atoms with Crippen LogP contribution in [0.5, 0.6) is 0 Å². The van der Waals surface area contributed by atoms with Gasteiger partial charge < -0.3 is 10.6 Å². The molecular weight excluding hydrogens is 460 g/mol. The van der Waals surface area contributed by atoms with Crippen LogP contribution in [0.1, 0.15) is 22.5 Å². The Bertz CT molecular complexity index is 1400. The molecule has 1 heterocycles. The Morgan fingerprint density at radius 3 is 2.29 bits per heavy atom. The highest BCUT2D eigenvalue weighted by atomic mass is 32.2. The summed E-state index contributed by atoms with van der Waals surface area (Å²) in [6.45, 7) is 1.78. The molecule has 0 saturated heterocycles. The lowest BCUT2D eigenvalue weighted by Crippen LogP contribution is -2.23. The highest BCUT2D eigenvalue weighted by molar-refractivity contribution is 7.99. The van der Waals surface area contributed by atoms with Crippen LogP contribution in [0.2, 0.25) is 0 Å². The van der Waals surface area contributed by atoms with E-state index in [-0.39, 0.29) is 17.2 Å². The van der Waals surface area contributed by atoms with Gasteiger partial charge in [0, 0.05) is 35.4 Å². The predicted octanol–water partition coefficient (Wildman–Crippen LogP) is 4.86. The molecule has 2 N–H and O–H groups in total. The fourth-order valence-electron chi connectivity index (χ4n) is 3.64. The van der Waals surface area contributed by atoms with Crippen molar-refractivity contribution in [3.8, 4) is 5.69 Å². The number of amides is 2. The predicted molar refractivity (Wildman–Crippen MR) is 141 cm³/mol. The molecule has 0 bridgehead atoms. The van der Waals surface area contributed by atoms with Crippen molar-refractivity contribution < 1.29 is 9.59 Å². The van der Waals surface area contributed by atoms with Crippen molar-refractivity contribution in [1.82, 2.24) is 9.36 Å². The van der Waals surface area contributed by atoms with Gasteiger partial charge in [0.05, 0.1) is 11.4 Å². The van der Waals surface area contributed by atoms with Crippen molar-refractivity contribution in [2.24, 2.45) is 7.05 Å². The molecule has 2 amide bonds. The Balaban J connectivity index is 1.42. The van der Waals surface area contributed by atoms with Crippen molar-refractivity contribution in [2.75, 3.05) is 16.4 Å². The van der Waals surface area contributed by atoms with Gasteiger partial charge in [-0.3, -0.25) is 19.1 Å². The highest BCUT2D eigenvalue weighted by Crippen LogP contribution is 2.19. The number of hydrogen-bond donors (Lipinski definition) is 2. The molecule has 0 saturated carbocycles. The Morgan fingerprint density at radius 1 is 0.886 bits per heavy atom. The van der Waals surface area contributed by atoms with Crippen molar-refractivity contribution >= 4 is 35.0 Å². The summed E-state index contributed by atoms with van der Waals surface area (Å²) in [5.74, 6) is 0.0965. The molecular formula is C27H26N4O3S. The van der Waals surface area contributed by atoms with E-state index in [1.54, 1.807) is 54.7 Å². The van der Waals surface area contributed by atoms with E-state index in [1.807, 2.05) is 60.7 Å². The standard InChI is InChI=1S/C27H26N4O3S/c1-19-25(27(34)31(30(19)2)22-12-5-3-6-13-22)29-26(33)20-10-9-11-21(18-20)28-24(32)16-17-35-23-14-7-4-8-15-23/h3-15,18H,16-17H2,1-2H3,(H,28,32)(H,29,33). The molecule has 0 radical (unpaired) electrons. The normalized spacial score (nSPS) is 10.7. The number of rotatable bonds is 8. The summed E-state index contributed by atoms with van der Waals surface area (Å²) >= 11 is 1.61. The average molecular weight is 487 g/mol. The first-order valence-corrected chi connectivity index (χ1v) is 12.2. The maximum Gasteiger partial charge on any atom is 0.295 e. The van der Waals surface area contributed by atoms with Crippen LogP contribution in [-0.4, -0.2) is 26.9 Å². The second-order valence-electron chi connectivity index (χ2n) is 7.93. The number of carbonyl (C=O) groups is 2. The molecule has 3 aromatic carbocycles. The first-order chi connectivity index (χ1) is 16.9. The SMILES string of the molecule is Cc1c(NC(=O)c2cccc(NC(=O)CCSc3ccccc3)c2)c(=O)n(-c2ccccc2)n1C. The van der Waals surface area contributed by atoms with Crippen LogP contribution in [0.3, 0.4) is 0 Å². The molecule has 4 rings (SSSR count). The van der Waals surface area contributed by atoms with Crippen LogP contribution in [0.25, 0.3) is 5.69 Å². The third-order valence-electron chi connectivity index (χ3n) is 5.54. The third-order valence-corrected chi connectivity index (χ3v) is 6.56. The molecule has 178 valence electrons. The number of nitrogens with one attached hydrogen (secondary N) is 2. The first-order valence-electron chi connectivity index (χ1n) is 11.2. The lowest BCUT2D eigenvalue weighted by Gasteiger charge is -2.08. The van der Waals surface area contributed by atoms with Crippen LogP contribution < -0.4 is 16.2 Å². The zero-order valence-electron chi connectivity index (χ0n) is 19.5. The quantitative estimate of drug-likeness (QED) is 0.349. The number of benzene rings is 3. The molecule has 0 unspecified atom stereocenters. The molecule has 35 heavy (non-hydrogen) atoms. The maximum absolute atomic E-state index is 13.1. The summed E-state index contributed by atoms with van der Waals surface area (Å²) in [6.07, 6.45) is 0.345. The van der Waals surface area contributed by atoms with E-state index in [0.717, 1.165) is 4.90 Å². The molecule has 4 aromatic rings. The molecule has 7 nitrogen and oxygen atoms in total. The van der Waals surface area contributed by atoms with Gasteiger partial charge in [0.2, 0.25) is 5.91 Å². The van der Waals surface area contributed by atoms with Gasteiger partial charge >= 0.3 is 0 Å². The fourth-order valence-corrected chi connectivity index (χ4v) is 4.51. The number of hydrogen-bond acceptors (Lipinski definition) is 4. The molecule has 0 spiro atoms. The summed E-state index contributed by atoms with van der Waals surface area (Å²) < 4.78 is 3.21. The smallest absolute Gasteiger partial charge is 0.295 e. The first kappa shape index (κ1) is 24.1. The van der Waals surface area contributed by atoms with Gasteiger partial charge in [-0.05, 0) is 49.4 Å². The summed E-state index contributed by atoms with van der Waals surface area (Å²) in [6, 6.07) is 25.8. The molecule has 0 fully saturated rings. The number of para-hydroxylation sites is 1. The summed E-state index contributed by atoms with van der Waals surface area (Å²) in [7, 11) is 1.77. The van der Waals surface area contributed by atoms with Gasteiger partial charge in [-0.15, -0.1) is 11.8 Å². The Morgan fingerprint density at radius 2 is 1.57 bits per heavy atom.